The fraction of sp³-hybridized carbons (Fsp3) is 0.0833. The summed E-state index contributed by atoms with van der Waals surface area (Å²) in [4.78, 5) is 12.2. The number of anilines is 1. The lowest BCUT2D eigenvalue weighted by Crippen LogP contribution is -2.16. The zero-order valence-electron chi connectivity index (χ0n) is 18.7. The van der Waals surface area contributed by atoms with Crippen LogP contribution >= 0.6 is 0 Å². The van der Waals surface area contributed by atoms with E-state index in [0.717, 1.165) is 5.56 Å². The van der Waals surface area contributed by atoms with Crippen molar-refractivity contribution in [3.8, 4) is 16.9 Å². The molecule has 5 rings (SSSR count). The van der Waals surface area contributed by atoms with Gasteiger partial charge in [-0.3, -0.25) is 9.52 Å². The molecule has 0 unspecified atom stereocenters. The number of nitrogens with one attached hydrogen (secondary N) is 1. The van der Waals surface area contributed by atoms with Crippen LogP contribution in [-0.4, -0.2) is 32.5 Å². The summed E-state index contributed by atoms with van der Waals surface area (Å²) in [6.45, 7) is 0. The SMILES string of the molecule is NC(=O)c1nn(-c2ccc(S(N)(=O)=O)cc2)c2c1CCc1ccc(NS(=O)(=O)c3ccccc3)cc1-2. The maximum atomic E-state index is 12.9. The Hall–Kier alpha value is -4.00. The maximum Gasteiger partial charge on any atom is 0.269 e. The minimum Gasteiger partial charge on any atom is -0.364 e. The Bertz CT molecular complexity index is 1710. The molecule has 36 heavy (non-hydrogen) atoms. The molecule has 0 fully saturated rings. The van der Waals surface area contributed by atoms with Gasteiger partial charge in [0.1, 0.15) is 0 Å². The number of hydrogen-bond acceptors (Lipinski definition) is 6. The molecule has 0 spiro atoms. The van der Waals surface area contributed by atoms with E-state index in [0.29, 0.717) is 41.0 Å². The summed E-state index contributed by atoms with van der Waals surface area (Å²) in [7, 11) is -7.71. The first-order valence-corrected chi connectivity index (χ1v) is 13.8. The van der Waals surface area contributed by atoms with Crippen LogP contribution in [0.2, 0.25) is 0 Å². The molecule has 0 aliphatic heterocycles. The number of primary amides is 1. The summed E-state index contributed by atoms with van der Waals surface area (Å²) in [5.74, 6) is -0.699. The number of amides is 1. The molecule has 1 amide bonds. The van der Waals surface area contributed by atoms with Crippen LogP contribution in [0.25, 0.3) is 16.9 Å². The van der Waals surface area contributed by atoms with Crippen molar-refractivity contribution in [1.29, 1.82) is 0 Å². The molecule has 184 valence electrons. The summed E-state index contributed by atoms with van der Waals surface area (Å²) < 4.78 is 53.2. The number of aromatic nitrogens is 2. The number of nitrogens with two attached hydrogens (primary N) is 2. The topological polar surface area (TPSA) is 167 Å². The first kappa shape index (κ1) is 23.7. The van der Waals surface area contributed by atoms with E-state index < -0.39 is 26.0 Å². The third kappa shape index (κ3) is 4.26. The van der Waals surface area contributed by atoms with Gasteiger partial charge in [-0.15, -0.1) is 0 Å². The van der Waals surface area contributed by atoms with Gasteiger partial charge in [0.05, 0.1) is 21.2 Å². The first-order valence-electron chi connectivity index (χ1n) is 10.8. The second kappa shape index (κ2) is 8.59. The fourth-order valence-electron chi connectivity index (χ4n) is 4.28. The number of carbonyl (C=O) groups is 1. The fourth-order valence-corrected chi connectivity index (χ4v) is 5.86. The highest BCUT2D eigenvalue weighted by molar-refractivity contribution is 7.92. The molecule has 1 aliphatic carbocycles. The molecule has 4 aromatic rings. The third-order valence-electron chi connectivity index (χ3n) is 5.94. The molecule has 10 nitrogen and oxygen atoms in total. The predicted octanol–water partition coefficient (Wildman–Crippen LogP) is 2.18. The predicted molar refractivity (Wildman–Crippen MR) is 134 cm³/mol. The lowest BCUT2D eigenvalue weighted by Gasteiger charge is -2.20. The van der Waals surface area contributed by atoms with Gasteiger partial charge in [0.25, 0.3) is 15.9 Å². The maximum absolute atomic E-state index is 12.9. The van der Waals surface area contributed by atoms with Gasteiger partial charge < -0.3 is 5.73 Å². The van der Waals surface area contributed by atoms with Crippen molar-refractivity contribution in [3.05, 3.63) is 89.6 Å². The summed E-state index contributed by atoms with van der Waals surface area (Å²) in [6.07, 6.45) is 1.11. The zero-order valence-corrected chi connectivity index (χ0v) is 20.4. The molecule has 3 aromatic carbocycles. The van der Waals surface area contributed by atoms with Gasteiger partial charge in [-0.2, -0.15) is 5.10 Å². The van der Waals surface area contributed by atoms with Gasteiger partial charge in [0, 0.05) is 16.8 Å². The molecule has 12 heteroatoms. The Morgan fingerprint density at radius 2 is 1.58 bits per heavy atom. The monoisotopic (exact) mass is 523 g/mol. The Morgan fingerprint density at radius 3 is 2.22 bits per heavy atom. The van der Waals surface area contributed by atoms with Crippen LogP contribution in [0.4, 0.5) is 5.69 Å². The van der Waals surface area contributed by atoms with Crippen LogP contribution in [-0.2, 0) is 32.9 Å². The minimum absolute atomic E-state index is 0.0691. The van der Waals surface area contributed by atoms with Gasteiger partial charge in [-0.05, 0) is 66.9 Å². The molecule has 0 bridgehead atoms. The van der Waals surface area contributed by atoms with Crippen molar-refractivity contribution < 1.29 is 21.6 Å². The van der Waals surface area contributed by atoms with E-state index in [1.807, 2.05) is 6.07 Å². The highest BCUT2D eigenvalue weighted by atomic mass is 32.2. The second-order valence-corrected chi connectivity index (χ2v) is 11.5. The molecule has 0 saturated carbocycles. The lowest BCUT2D eigenvalue weighted by molar-refractivity contribution is 0.0994. The highest BCUT2D eigenvalue weighted by Gasteiger charge is 2.29. The number of rotatable bonds is 6. The first-order chi connectivity index (χ1) is 17.0. The molecular weight excluding hydrogens is 502 g/mol. The summed E-state index contributed by atoms with van der Waals surface area (Å²) in [5, 5.41) is 9.63. The van der Waals surface area contributed by atoms with E-state index in [1.54, 1.807) is 30.3 Å². The number of nitrogens with zero attached hydrogens (tertiary/aromatic N) is 2. The second-order valence-electron chi connectivity index (χ2n) is 8.28. The molecule has 1 heterocycles. The average molecular weight is 524 g/mol. The molecule has 5 N–H and O–H groups in total. The van der Waals surface area contributed by atoms with Crippen molar-refractivity contribution in [2.75, 3.05) is 4.72 Å². The zero-order chi connectivity index (χ0) is 25.7. The molecule has 1 aliphatic rings. The average Bonchev–Trinajstić information content (AvgIpc) is 3.24. The lowest BCUT2D eigenvalue weighted by atomic mass is 9.88. The molecule has 1 aromatic heterocycles. The van der Waals surface area contributed by atoms with Crippen molar-refractivity contribution >= 4 is 31.6 Å². The highest BCUT2D eigenvalue weighted by Crippen LogP contribution is 2.38. The van der Waals surface area contributed by atoms with E-state index in [2.05, 4.69) is 9.82 Å². The van der Waals surface area contributed by atoms with E-state index in [-0.39, 0.29) is 15.5 Å². The van der Waals surface area contributed by atoms with Gasteiger partial charge in [0.15, 0.2) is 5.69 Å². The Labute approximate surface area is 207 Å². The van der Waals surface area contributed by atoms with Crippen LogP contribution < -0.4 is 15.6 Å². The van der Waals surface area contributed by atoms with E-state index in [1.165, 1.54) is 41.1 Å². The molecular formula is C24H21N5O5S2. The number of sulfonamides is 2. The summed E-state index contributed by atoms with van der Waals surface area (Å²) in [6, 6.07) is 18.9. The van der Waals surface area contributed by atoms with Gasteiger partial charge in [-0.1, -0.05) is 24.3 Å². The number of fused-ring (bicyclic) bond motifs is 3. The number of aryl methyl sites for hydroxylation is 1. The Kier molecular flexibility index (Phi) is 5.66. The van der Waals surface area contributed by atoms with Crippen LogP contribution in [0, 0.1) is 0 Å². The van der Waals surface area contributed by atoms with Crippen LogP contribution in [0.15, 0.2) is 82.6 Å². The molecule has 0 atom stereocenters. The van der Waals surface area contributed by atoms with Crippen molar-refractivity contribution in [2.45, 2.75) is 22.6 Å². The van der Waals surface area contributed by atoms with E-state index in [9.17, 15) is 21.6 Å². The Morgan fingerprint density at radius 1 is 0.889 bits per heavy atom. The van der Waals surface area contributed by atoms with Crippen molar-refractivity contribution in [2.24, 2.45) is 10.9 Å². The number of carbonyl (C=O) groups excluding carboxylic acids is 1. The number of primary sulfonamides is 1. The quantitative estimate of drug-likeness (QED) is 0.350. The van der Waals surface area contributed by atoms with Gasteiger partial charge in [0.2, 0.25) is 10.0 Å². The summed E-state index contributed by atoms with van der Waals surface area (Å²) >= 11 is 0. The normalized spacial score (nSPS) is 13.0. The molecule has 0 saturated heterocycles. The standard InChI is InChI=1S/C24H21N5O5S2/c25-24(30)22-20-13-7-15-6-8-16(28-36(33,34)19-4-2-1-3-5-19)14-21(15)23(20)29(27-22)17-9-11-18(12-10-17)35(26,31)32/h1-6,8-12,14,28H,7,13H2,(H2,25,30)(H2,26,31,32). The third-order valence-corrected chi connectivity index (χ3v) is 8.27. The van der Waals surface area contributed by atoms with Gasteiger partial charge >= 0.3 is 0 Å². The van der Waals surface area contributed by atoms with E-state index in [4.69, 9.17) is 10.9 Å². The largest absolute Gasteiger partial charge is 0.364 e. The number of hydrogen-bond donors (Lipinski definition) is 3. The van der Waals surface area contributed by atoms with E-state index >= 15 is 0 Å². The number of benzene rings is 3. The molecule has 0 radical (unpaired) electrons. The van der Waals surface area contributed by atoms with Crippen LogP contribution in [0.1, 0.15) is 21.6 Å². The minimum atomic E-state index is -3.89. The van der Waals surface area contributed by atoms with Crippen molar-refractivity contribution in [1.82, 2.24) is 9.78 Å². The Balaban J connectivity index is 1.63. The van der Waals surface area contributed by atoms with Crippen LogP contribution in [0.5, 0.6) is 0 Å². The van der Waals surface area contributed by atoms with Crippen LogP contribution in [0.3, 0.4) is 0 Å². The van der Waals surface area contributed by atoms with Gasteiger partial charge in [-0.25, -0.2) is 26.7 Å². The van der Waals surface area contributed by atoms with Crippen molar-refractivity contribution in [3.63, 3.8) is 0 Å². The summed E-state index contributed by atoms with van der Waals surface area (Å²) in [5.41, 5.74) is 9.35. The smallest absolute Gasteiger partial charge is 0.269 e.